The SMILES string of the molecule is CC(C(=O)OCC(=O)c1ccccc1)c1ccc(OC(=O)c2ccc(NC(=N)N)cc2)cc1.CS(=O)(=O)O. The van der Waals surface area contributed by atoms with Crippen molar-refractivity contribution in [2.24, 2.45) is 5.73 Å². The van der Waals surface area contributed by atoms with Gasteiger partial charge in [-0.05, 0) is 48.9 Å². The molecule has 0 radical (unpaired) electrons. The van der Waals surface area contributed by atoms with Crippen LogP contribution >= 0.6 is 0 Å². The van der Waals surface area contributed by atoms with Crippen molar-refractivity contribution in [1.82, 2.24) is 0 Å². The number of ether oxygens (including phenoxy) is 2. The lowest BCUT2D eigenvalue weighted by atomic mass is 10.0. The van der Waals surface area contributed by atoms with Crippen LogP contribution in [0.1, 0.15) is 39.1 Å². The molecule has 200 valence electrons. The summed E-state index contributed by atoms with van der Waals surface area (Å²) < 4.78 is 36.4. The van der Waals surface area contributed by atoms with Gasteiger partial charge < -0.3 is 20.5 Å². The molecule has 0 saturated heterocycles. The number of anilines is 1. The van der Waals surface area contributed by atoms with Gasteiger partial charge >= 0.3 is 11.9 Å². The van der Waals surface area contributed by atoms with Crippen molar-refractivity contribution < 1.29 is 36.8 Å². The molecule has 0 bridgehead atoms. The number of esters is 2. The van der Waals surface area contributed by atoms with Gasteiger partial charge in [-0.3, -0.25) is 19.6 Å². The van der Waals surface area contributed by atoms with Crippen LogP contribution < -0.4 is 15.8 Å². The Morgan fingerprint density at radius 1 is 0.947 bits per heavy atom. The largest absolute Gasteiger partial charge is 0.457 e. The van der Waals surface area contributed by atoms with Gasteiger partial charge in [-0.2, -0.15) is 8.42 Å². The third-order valence-corrected chi connectivity index (χ3v) is 4.79. The topological polar surface area (TPSA) is 186 Å². The fourth-order valence-corrected chi connectivity index (χ4v) is 2.94. The number of carbonyl (C=O) groups is 3. The van der Waals surface area contributed by atoms with Crippen LogP contribution in [0.5, 0.6) is 5.75 Å². The first kappa shape index (κ1) is 29.7. The minimum absolute atomic E-state index is 0.202. The lowest BCUT2D eigenvalue weighted by Crippen LogP contribution is -2.20. The van der Waals surface area contributed by atoms with Crippen LogP contribution in [0.15, 0.2) is 78.9 Å². The molecular weight excluding hydrogens is 514 g/mol. The van der Waals surface area contributed by atoms with E-state index in [9.17, 15) is 22.8 Å². The fourth-order valence-electron chi connectivity index (χ4n) is 2.94. The number of hydrogen-bond acceptors (Lipinski definition) is 8. The molecule has 12 heteroatoms. The van der Waals surface area contributed by atoms with Crippen LogP contribution in [0.2, 0.25) is 0 Å². The molecule has 0 saturated carbocycles. The summed E-state index contributed by atoms with van der Waals surface area (Å²) >= 11 is 0. The second-order valence-electron chi connectivity index (χ2n) is 7.93. The number of nitrogens with one attached hydrogen (secondary N) is 2. The molecule has 5 N–H and O–H groups in total. The summed E-state index contributed by atoms with van der Waals surface area (Å²) in [5.74, 6) is -1.84. The number of ketones is 1. The molecule has 0 amide bonds. The minimum atomic E-state index is -3.67. The van der Waals surface area contributed by atoms with Gasteiger partial charge in [-0.25, -0.2) is 4.79 Å². The number of benzene rings is 3. The van der Waals surface area contributed by atoms with E-state index in [1.807, 2.05) is 0 Å². The van der Waals surface area contributed by atoms with Crippen molar-refractivity contribution in [2.45, 2.75) is 12.8 Å². The number of Topliss-reactive ketones (excluding diaryl/α,β-unsaturated/α-hetero) is 1. The van der Waals surface area contributed by atoms with Crippen molar-refractivity contribution >= 4 is 39.5 Å². The minimum Gasteiger partial charge on any atom is -0.457 e. The van der Waals surface area contributed by atoms with Gasteiger partial charge in [0.05, 0.1) is 17.7 Å². The van der Waals surface area contributed by atoms with Crippen molar-refractivity contribution in [2.75, 3.05) is 18.2 Å². The Morgan fingerprint density at radius 3 is 2.03 bits per heavy atom. The van der Waals surface area contributed by atoms with Gasteiger partial charge in [-0.15, -0.1) is 0 Å². The Bertz CT molecular complexity index is 1370. The first-order chi connectivity index (χ1) is 17.8. The highest BCUT2D eigenvalue weighted by molar-refractivity contribution is 7.85. The Morgan fingerprint density at radius 2 is 1.50 bits per heavy atom. The van der Waals surface area contributed by atoms with Gasteiger partial charge in [0.1, 0.15) is 5.75 Å². The molecule has 3 aromatic carbocycles. The highest BCUT2D eigenvalue weighted by Crippen LogP contribution is 2.22. The molecule has 3 aromatic rings. The first-order valence-corrected chi connectivity index (χ1v) is 12.9. The fraction of sp³-hybridized carbons (Fsp3) is 0.154. The van der Waals surface area contributed by atoms with Crippen LogP contribution in [0.25, 0.3) is 0 Å². The Hall–Kier alpha value is -4.55. The number of hydrogen-bond donors (Lipinski definition) is 4. The van der Waals surface area contributed by atoms with E-state index in [1.165, 1.54) is 0 Å². The molecule has 11 nitrogen and oxygen atoms in total. The normalized spacial score (nSPS) is 11.2. The van der Waals surface area contributed by atoms with Crippen LogP contribution in [0.4, 0.5) is 5.69 Å². The van der Waals surface area contributed by atoms with E-state index in [0.717, 1.165) is 0 Å². The van der Waals surface area contributed by atoms with Crippen molar-refractivity contribution in [3.63, 3.8) is 0 Å². The summed E-state index contributed by atoms with van der Waals surface area (Å²) in [5, 5.41) is 9.82. The third kappa shape index (κ3) is 10.6. The van der Waals surface area contributed by atoms with Gasteiger partial charge in [0, 0.05) is 11.3 Å². The summed E-state index contributed by atoms with van der Waals surface area (Å²) in [5.41, 5.74) is 7.31. The summed E-state index contributed by atoms with van der Waals surface area (Å²) in [6.45, 7) is 1.34. The Kier molecular flexibility index (Phi) is 10.7. The zero-order valence-electron chi connectivity index (χ0n) is 20.6. The number of carbonyl (C=O) groups excluding carboxylic acids is 3. The summed E-state index contributed by atoms with van der Waals surface area (Å²) in [6, 6.07) is 21.4. The smallest absolute Gasteiger partial charge is 0.343 e. The van der Waals surface area contributed by atoms with Crippen LogP contribution in [-0.4, -0.2) is 49.5 Å². The number of rotatable bonds is 8. The molecule has 38 heavy (non-hydrogen) atoms. The predicted molar refractivity (Wildman–Crippen MR) is 141 cm³/mol. The van der Waals surface area contributed by atoms with Gasteiger partial charge in [0.15, 0.2) is 18.3 Å². The second kappa shape index (κ2) is 13.7. The van der Waals surface area contributed by atoms with E-state index in [0.29, 0.717) is 34.4 Å². The van der Waals surface area contributed by atoms with Crippen molar-refractivity contribution in [3.05, 3.63) is 95.6 Å². The lowest BCUT2D eigenvalue weighted by Gasteiger charge is -2.12. The third-order valence-electron chi connectivity index (χ3n) is 4.79. The van der Waals surface area contributed by atoms with E-state index in [4.69, 9.17) is 25.2 Å². The average molecular weight is 542 g/mol. The van der Waals surface area contributed by atoms with Crippen molar-refractivity contribution in [3.8, 4) is 5.75 Å². The average Bonchev–Trinajstić information content (AvgIpc) is 2.86. The zero-order chi connectivity index (χ0) is 28.3. The Labute approximate surface area is 219 Å². The number of nitrogens with two attached hydrogens (primary N) is 1. The first-order valence-electron chi connectivity index (χ1n) is 11.0. The molecular formula is C26H27N3O8S. The summed E-state index contributed by atoms with van der Waals surface area (Å²) in [6.07, 6.45) is 0.715. The standard InChI is InChI=1S/C25H23N3O5.CH4O3S/c1-16(23(30)32-15-22(29)18-5-3-2-4-6-18)17-9-13-21(14-10-17)33-24(31)19-7-11-20(12-8-19)28-25(26)27;1-5(2,3)4/h2-14,16H,15H2,1H3,(H4,26,27,28);1H3,(H,2,3,4). The van der Waals surface area contributed by atoms with E-state index in [-0.39, 0.29) is 18.3 Å². The maximum absolute atomic E-state index is 12.3. The van der Waals surface area contributed by atoms with Crippen LogP contribution in [-0.2, 0) is 19.6 Å². The number of guanidine groups is 1. The van der Waals surface area contributed by atoms with E-state index < -0.39 is 28.0 Å². The zero-order valence-corrected chi connectivity index (χ0v) is 21.4. The van der Waals surface area contributed by atoms with Crippen molar-refractivity contribution in [1.29, 1.82) is 5.41 Å². The highest BCUT2D eigenvalue weighted by atomic mass is 32.2. The molecule has 3 rings (SSSR count). The van der Waals surface area contributed by atoms with Crippen LogP contribution in [0, 0.1) is 5.41 Å². The van der Waals surface area contributed by atoms with E-state index >= 15 is 0 Å². The van der Waals surface area contributed by atoms with Crippen LogP contribution in [0.3, 0.4) is 0 Å². The van der Waals surface area contributed by atoms with E-state index in [2.05, 4.69) is 5.32 Å². The monoisotopic (exact) mass is 541 g/mol. The molecule has 0 aliphatic rings. The maximum atomic E-state index is 12.3. The maximum Gasteiger partial charge on any atom is 0.343 e. The molecule has 0 aliphatic heterocycles. The Balaban J connectivity index is 0.000000926. The molecule has 0 spiro atoms. The summed E-state index contributed by atoms with van der Waals surface area (Å²) in [4.78, 5) is 36.8. The summed E-state index contributed by atoms with van der Waals surface area (Å²) in [7, 11) is -3.67. The van der Waals surface area contributed by atoms with Gasteiger partial charge in [0.25, 0.3) is 10.1 Å². The predicted octanol–water partition coefficient (Wildman–Crippen LogP) is 3.24. The second-order valence-corrected chi connectivity index (χ2v) is 9.39. The molecule has 1 atom stereocenters. The molecule has 0 heterocycles. The quantitative estimate of drug-likeness (QED) is 0.0823. The lowest BCUT2D eigenvalue weighted by molar-refractivity contribution is -0.143. The molecule has 0 aromatic heterocycles. The molecule has 0 aliphatic carbocycles. The van der Waals surface area contributed by atoms with E-state index in [1.54, 1.807) is 85.8 Å². The molecule has 0 fully saturated rings. The molecule has 1 unspecified atom stereocenters. The highest BCUT2D eigenvalue weighted by Gasteiger charge is 2.19. The van der Waals surface area contributed by atoms with Gasteiger partial charge in [0.2, 0.25) is 0 Å². The van der Waals surface area contributed by atoms with Gasteiger partial charge in [-0.1, -0.05) is 42.5 Å².